The summed E-state index contributed by atoms with van der Waals surface area (Å²) in [5.74, 6) is 0.364. The Bertz CT molecular complexity index is 948. The summed E-state index contributed by atoms with van der Waals surface area (Å²) in [5.41, 5.74) is 3.63. The molecule has 46 heavy (non-hydrogen) atoms. The highest BCUT2D eigenvalue weighted by Crippen LogP contribution is 2.53. The van der Waals surface area contributed by atoms with Crippen LogP contribution in [0.15, 0.2) is 6.07 Å². The zero-order valence-corrected chi connectivity index (χ0v) is 33.1. The van der Waals surface area contributed by atoms with Crippen LogP contribution in [0.4, 0.5) is 0 Å². The van der Waals surface area contributed by atoms with Gasteiger partial charge in [-0.05, 0) is 60.6 Å². The van der Waals surface area contributed by atoms with Gasteiger partial charge in [-0.1, -0.05) is 170 Å². The molecule has 4 nitrogen and oxygen atoms in total. The maximum Gasteiger partial charge on any atom is 0.335 e. The summed E-state index contributed by atoms with van der Waals surface area (Å²) < 4.78 is 26.7. The average molecular weight is 665 g/mol. The Kier molecular flexibility index (Phi) is 22.1. The van der Waals surface area contributed by atoms with E-state index in [0.29, 0.717) is 19.0 Å². The van der Waals surface area contributed by atoms with Gasteiger partial charge in [0, 0.05) is 5.56 Å². The zero-order valence-electron chi connectivity index (χ0n) is 32.2. The molecule has 0 radical (unpaired) electrons. The van der Waals surface area contributed by atoms with Crippen LogP contribution in [0, 0.1) is 19.3 Å². The molecule has 0 aromatic heterocycles. The van der Waals surface area contributed by atoms with Crippen LogP contribution in [0.25, 0.3) is 0 Å². The first-order valence-electron chi connectivity index (χ1n) is 19.5. The van der Waals surface area contributed by atoms with Crippen molar-refractivity contribution in [1.82, 2.24) is 0 Å². The third-order valence-corrected chi connectivity index (χ3v) is 11.5. The number of hydrogen-bond acceptors (Lipinski definition) is 4. The molecule has 0 atom stereocenters. The number of hydrogen-bond donors (Lipinski definition) is 1. The zero-order chi connectivity index (χ0) is 34.5. The van der Waals surface area contributed by atoms with Gasteiger partial charge in [0.1, 0.15) is 5.75 Å². The number of phenolic OH excluding ortho intramolecular Hbond substituents is 1. The molecule has 0 bridgehead atoms. The predicted octanol–water partition coefficient (Wildman–Crippen LogP) is 14.3. The van der Waals surface area contributed by atoms with Crippen LogP contribution in [0.1, 0.15) is 206 Å². The summed E-state index contributed by atoms with van der Waals surface area (Å²) >= 11 is 0. The molecule has 0 aliphatic rings. The minimum absolute atomic E-state index is 0.112. The second-order valence-corrected chi connectivity index (χ2v) is 18.2. The molecule has 0 saturated heterocycles. The number of unbranched alkanes of at least 4 members (excludes halogenated alkanes) is 18. The Morgan fingerprint density at radius 1 is 0.609 bits per heavy atom. The molecule has 270 valence electrons. The molecule has 0 aliphatic carbocycles. The fraction of sp³-hybridized carbons (Fsp3) is 0.854. The Morgan fingerprint density at radius 2 is 0.978 bits per heavy atom. The summed E-state index contributed by atoms with van der Waals surface area (Å²) in [6.07, 6.45) is 26.3. The minimum Gasteiger partial charge on any atom is -0.507 e. The lowest BCUT2D eigenvalue weighted by Gasteiger charge is -2.34. The van der Waals surface area contributed by atoms with E-state index in [0.717, 1.165) is 54.4 Å². The van der Waals surface area contributed by atoms with Crippen molar-refractivity contribution >= 4 is 7.60 Å². The van der Waals surface area contributed by atoms with Gasteiger partial charge >= 0.3 is 7.60 Å². The van der Waals surface area contributed by atoms with Crippen molar-refractivity contribution in [3.8, 4) is 5.75 Å². The van der Waals surface area contributed by atoms with Gasteiger partial charge in [0.15, 0.2) is 0 Å². The molecule has 0 amide bonds. The molecule has 1 aromatic carbocycles. The van der Waals surface area contributed by atoms with Gasteiger partial charge in [0.05, 0.1) is 19.4 Å². The van der Waals surface area contributed by atoms with Crippen LogP contribution >= 0.6 is 7.60 Å². The highest BCUT2D eigenvalue weighted by Gasteiger charge is 2.33. The number of benzene rings is 1. The molecule has 0 saturated carbocycles. The molecule has 0 fully saturated rings. The van der Waals surface area contributed by atoms with E-state index in [1.807, 2.05) is 13.8 Å². The smallest absolute Gasteiger partial charge is 0.335 e. The van der Waals surface area contributed by atoms with Crippen molar-refractivity contribution in [3.63, 3.8) is 0 Å². The molecule has 1 rings (SSSR count). The number of rotatable bonds is 28. The van der Waals surface area contributed by atoms with Gasteiger partial charge in [-0.2, -0.15) is 0 Å². The van der Waals surface area contributed by atoms with E-state index in [2.05, 4.69) is 54.5 Å². The molecule has 1 N–H and O–H groups in total. The van der Waals surface area contributed by atoms with E-state index >= 15 is 0 Å². The maximum atomic E-state index is 14.3. The topological polar surface area (TPSA) is 55.8 Å². The Hall–Kier alpha value is -0.830. The monoisotopic (exact) mass is 665 g/mol. The maximum absolute atomic E-state index is 14.3. The van der Waals surface area contributed by atoms with Crippen molar-refractivity contribution < 1.29 is 18.7 Å². The lowest BCUT2D eigenvalue weighted by atomic mass is 9.71. The van der Waals surface area contributed by atoms with Crippen LogP contribution in [-0.4, -0.2) is 18.3 Å². The SMILES string of the molecule is CCCCCCCCCCCCOP(=O)(Cc1cc(C(C)(C)CC(C)(C)C)c(O)c(C)c1C)OCCCCCCCCCCCC. The Morgan fingerprint density at radius 3 is 1.35 bits per heavy atom. The molecule has 0 unspecified atom stereocenters. The Balaban J connectivity index is 2.83. The quantitative estimate of drug-likeness (QED) is 0.0715. The third kappa shape index (κ3) is 18.6. The average Bonchev–Trinajstić information content (AvgIpc) is 2.97. The van der Waals surface area contributed by atoms with Gasteiger partial charge in [0.25, 0.3) is 0 Å². The molecular formula is C41H77O4P. The van der Waals surface area contributed by atoms with E-state index in [4.69, 9.17) is 9.05 Å². The fourth-order valence-electron chi connectivity index (χ4n) is 7.00. The number of aromatic hydroxyl groups is 1. The van der Waals surface area contributed by atoms with Gasteiger partial charge in [-0.3, -0.25) is 4.57 Å². The summed E-state index contributed by atoms with van der Waals surface area (Å²) in [5, 5.41) is 11.2. The summed E-state index contributed by atoms with van der Waals surface area (Å²) in [7, 11) is -3.35. The molecule has 0 spiro atoms. The molecule has 5 heteroatoms. The van der Waals surface area contributed by atoms with Crippen molar-refractivity contribution in [2.24, 2.45) is 5.41 Å². The largest absolute Gasteiger partial charge is 0.507 e. The van der Waals surface area contributed by atoms with Crippen LogP contribution in [0.3, 0.4) is 0 Å². The van der Waals surface area contributed by atoms with E-state index in [1.54, 1.807) is 0 Å². The predicted molar refractivity (Wildman–Crippen MR) is 202 cm³/mol. The van der Waals surface area contributed by atoms with E-state index < -0.39 is 7.60 Å². The molecule has 0 aliphatic heterocycles. The standard InChI is InChI=1S/C41H77O4P/c1-10-12-14-16-18-20-22-24-26-28-30-44-46(43,45-31-29-27-25-23-21-19-17-15-13-11-2)33-37-32-38(39(42)36(4)35(37)3)41(8,9)34-40(5,6)7/h32,42H,10-31,33-34H2,1-9H3. The lowest BCUT2D eigenvalue weighted by Crippen LogP contribution is -2.25. The third-order valence-electron chi connectivity index (χ3n) is 9.61. The van der Waals surface area contributed by atoms with Crippen molar-refractivity contribution in [2.45, 2.75) is 209 Å². The molecular weight excluding hydrogens is 587 g/mol. The first-order valence-corrected chi connectivity index (χ1v) is 21.2. The van der Waals surface area contributed by atoms with Crippen LogP contribution in [0.5, 0.6) is 5.75 Å². The van der Waals surface area contributed by atoms with Gasteiger partial charge in [0.2, 0.25) is 0 Å². The molecule has 0 heterocycles. The first kappa shape index (κ1) is 43.2. The van der Waals surface area contributed by atoms with Crippen LogP contribution in [-0.2, 0) is 25.2 Å². The lowest BCUT2D eigenvalue weighted by molar-refractivity contribution is 0.196. The van der Waals surface area contributed by atoms with Crippen molar-refractivity contribution in [1.29, 1.82) is 0 Å². The highest BCUT2D eigenvalue weighted by atomic mass is 31.2. The number of phenols is 1. The fourth-order valence-corrected chi connectivity index (χ4v) is 8.81. The van der Waals surface area contributed by atoms with Gasteiger partial charge in [-0.15, -0.1) is 0 Å². The van der Waals surface area contributed by atoms with Crippen molar-refractivity contribution in [2.75, 3.05) is 13.2 Å². The van der Waals surface area contributed by atoms with Gasteiger partial charge in [-0.25, -0.2) is 0 Å². The molecule has 1 aromatic rings. The van der Waals surface area contributed by atoms with Crippen molar-refractivity contribution in [3.05, 3.63) is 28.3 Å². The summed E-state index contributed by atoms with van der Waals surface area (Å²) in [6, 6.07) is 2.09. The highest BCUT2D eigenvalue weighted by molar-refractivity contribution is 7.53. The van der Waals surface area contributed by atoms with Crippen LogP contribution < -0.4 is 0 Å². The van der Waals surface area contributed by atoms with E-state index in [-0.39, 0.29) is 17.0 Å². The second-order valence-electron chi connectivity index (χ2n) is 16.1. The summed E-state index contributed by atoms with van der Waals surface area (Å²) in [4.78, 5) is 0. The normalized spacial score (nSPS) is 12.7. The first-order chi connectivity index (χ1) is 21.8. The Labute approximate surface area is 287 Å². The van der Waals surface area contributed by atoms with Crippen LogP contribution in [0.2, 0.25) is 0 Å². The minimum atomic E-state index is -3.35. The summed E-state index contributed by atoms with van der Waals surface area (Å²) in [6.45, 7) is 20.6. The van der Waals surface area contributed by atoms with Gasteiger partial charge < -0.3 is 14.2 Å². The second kappa shape index (κ2) is 23.5. The van der Waals surface area contributed by atoms with E-state index in [1.165, 1.54) is 103 Å². The van der Waals surface area contributed by atoms with E-state index in [9.17, 15) is 9.67 Å².